The van der Waals surface area contributed by atoms with Gasteiger partial charge in [-0.3, -0.25) is 0 Å². The maximum absolute atomic E-state index is 10.0. The van der Waals surface area contributed by atoms with Crippen LogP contribution in [-0.2, 0) is 0 Å². The first kappa shape index (κ1) is 11.2. The fraction of sp³-hybridized carbons (Fsp3) is 0.0588. The van der Waals surface area contributed by atoms with Crippen LogP contribution in [0.4, 0.5) is 0 Å². The molecule has 0 bridgehead atoms. The summed E-state index contributed by atoms with van der Waals surface area (Å²) in [7, 11) is -1.07. The Labute approximate surface area is 112 Å². The summed E-state index contributed by atoms with van der Waals surface area (Å²) in [6.45, 7) is 1.89. The van der Waals surface area contributed by atoms with Crippen LogP contribution in [0.5, 0.6) is 0 Å². The van der Waals surface area contributed by atoms with Gasteiger partial charge in [-0.2, -0.15) is 0 Å². The zero-order valence-corrected chi connectivity index (χ0v) is 11.5. The average Bonchev–Trinajstić information content (AvgIpc) is 2.44. The van der Waals surface area contributed by atoms with E-state index in [1.807, 2.05) is 6.66 Å². The highest BCUT2D eigenvalue weighted by atomic mass is 31.1. The lowest BCUT2D eigenvalue weighted by molar-refractivity contribution is 0.641. The van der Waals surface area contributed by atoms with Crippen molar-refractivity contribution in [2.45, 2.75) is 0 Å². The van der Waals surface area contributed by atoms with Crippen molar-refractivity contribution in [2.24, 2.45) is 0 Å². The normalized spacial score (nSPS) is 13.6. The third-order valence-electron chi connectivity index (χ3n) is 3.85. The highest BCUT2D eigenvalue weighted by Crippen LogP contribution is 2.37. The average molecular weight is 264 g/mol. The summed E-state index contributed by atoms with van der Waals surface area (Å²) in [4.78, 5) is 10.0. The van der Waals surface area contributed by atoms with Crippen LogP contribution >= 0.6 is 8.15 Å². The smallest absolute Gasteiger partial charge is 0.0537 e. The number of hydrogen-bond acceptors (Lipinski definition) is 1. The molecule has 4 aromatic rings. The molecular weight excluding hydrogens is 251 g/mol. The van der Waals surface area contributed by atoms with Crippen LogP contribution in [0.2, 0.25) is 0 Å². The molecule has 92 valence electrons. The highest BCUT2D eigenvalue weighted by molar-refractivity contribution is 7.59. The second-order valence-electron chi connectivity index (χ2n) is 4.96. The van der Waals surface area contributed by atoms with Crippen LogP contribution in [0.25, 0.3) is 32.3 Å². The molecule has 1 unspecified atom stereocenters. The predicted octanol–water partition coefficient (Wildman–Crippen LogP) is 4.23. The molecule has 1 nitrogen and oxygen atoms in total. The van der Waals surface area contributed by atoms with Crippen LogP contribution in [-0.4, -0.2) is 11.6 Å². The summed E-state index contributed by atoms with van der Waals surface area (Å²) < 4.78 is 0. The largest absolute Gasteiger partial charge is 0.369 e. The van der Waals surface area contributed by atoms with E-state index in [1.165, 1.54) is 32.3 Å². The van der Waals surface area contributed by atoms with Gasteiger partial charge in [0.25, 0.3) is 0 Å². The van der Waals surface area contributed by atoms with E-state index in [0.717, 1.165) is 5.30 Å². The topological polar surface area (TPSA) is 20.2 Å². The van der Waals surface area contributed by atoms with Crippen molar-refractivity contribution in [1.82, 2.24) is 0 Å². The fourth-order valence-corrected chi connectivity index (χ4v) is 3.83. The maximum Gasteiger partial charge on any atom is 0.0537 e. The van der Waals surface area contributed by atoms with Crippen LogP contribution in [0.3, 0.4) is 0 Å². The Hall–Kier alpha value is -1.69. The third-order valence-corrected chi connectivity index (χ3v) is 4.94. The van der Waals surface area contributed by atoms with Gasteiger partial charge in [0.1, 0.15) is 0 Å². The molecule has 2 heteroatoms. The van der Waals surface area contributed by atoms with Gasteiger partial charge in [0.2, 0.25) is 0 Å². The van der Waals surface area contributed by atoms with Crippen LogP contribution in [0, 0.1) is 0 Å². The van der Waals surface area contributed by atoms with Crippen LogP contribution in [0.1, 0.15) is 0 Å². The van der Waals surface area contributed by atoms with E-state index < -0.39 is 8.15 Å². The first-order valence-electron chi connectivity index (χ1n) is 6.35. The van der Waals surface area contributed by atoms with Crippen LogP contribution in [0.15, 0.2) is 54.6 Å². The van der Waals surface area contributed by atoms with E-state index in [2.05, 4.69) is 54.6 Å². The lowest BCUT2D eigenvalue weighted by atomic mass is 9.94. The molecule has 0 heterocycles. The lowest BCUT2D eigenvalue weighted by Crippen LogP contribution is -2.02. The van der Waals surface area contributed by atoms with E-state index in [1.54, 1.807) is 0 Å². The molecule has 1 atom stereocenters. The minimum atomic E-state index is -1.07. The summed E-state index contributed by atoms with van der Waals surface area (Å²) in [5.41, 5.74) is 0. The molecule has 19 heavy (non-hydrogen) atoms. The van der Waals surface area contributed by atoms with Gasteiger partial charge in [0, 0.05) is 5.30 Å². The molecule has 1 N–H and O–H groups in total. The molecule has 4 rings (SSSR count). The van der Waals surface area contributed by atoms with E-state index in [0.29, 0.717) is 0 Å². The number of rotatable bonds is 1. The quantitative estimate of drug-likeness (QED) is 0.403. The van der Waals surface area contributed by atoms with E-state index in [4.69, 9.17) is 0 Å². The van der Waals surface area contributed by atoms with Crippen molar-refractivity contribution < 1.29 is 4.89 Å². The minimum Gasteiger partial charge on any atom is -0.369 e. The third kappa shape index (κ3) is 1.49. The second kappa shape index (κ2) is 3.90. The zero-order chi connectivity index (χ0) is 13.0. The van der Waals surface area contributed by atoms with Gasteiger partial charge in [0.15, 0.2) is 0 Å². The molecule has 0 aliphatic heterocycles. The van der Waals surface area contributed by atoms with Gasteiger partial charge in [-0.25, -0.2) is 0 Å². The Morgan fingerprint density at radius 1 is 0.737 bits per heavy atom. The Bertz CT molecular complexity index is 880. The maximum atomic E-state index is 10.0. The zero-order valence-electron chi connectivity index (χ0n) is 10.6. The van der Waals surface area contributed by atoms with Crippen molar-refractivity contribution in [3.63, 3.8) is 0 Å². The van der Waals surface area contributed by atoms with E-state index in [-0.39, 0.29) is 0 Å². The first-order chi connectivity index (χ1) is 9.25. The van der Waals surface area contributed by atoms with Gasteiger partial charge in [-0.05, 0) is 39.0 Å². The summed E-state index contributed by atoms with van der Waals surface area (Å²) >= 11 is 0. The van der Waals surface area contributed by atoms with E-state index >= 15 is 0 Å². The van der Waals surface area contributed by atoms with Crippen LogP contribution < -0.4 is 5.30 Å². The number of benzene rings is 4. The molecule has 0 aromatic heterocycles. The molecule has 0 saturated heterocycles. The number of hydrogen-bond donors (Lipinski definition) is 1. The lowest BCUT2D eigenvalue weighted by Gasteiger charge is -2.14. The molecule has 0 fully saturated rings. The van der Waals surface area contributed by atoms with Gasteiger partial charge < -0.3 is 4.89 Å². The summed E-state index contributed by atoms with van der Waals surface area (Å²) in [5, 5.41) is 8.66. The van der Waals surface area contributed by atoms with Gasteiger partial charge >= 0.3 is 0 Å². The van der Waals surface area contributed by atoms with Crippen molar-refractivity contribution in [1.29, 1.82) is 0 Å². The molecule has 0 saturated carbocycles. The minimum absolute atomic E-state index is 1.07. The van der Waals surface area contributed by atoms with Gasteiger partial charge in [0.05, 0.1) is 8.15 Å². The summed E-state index contributed by atoms with van der Waals surface area (Å²) in [6.07, 6.45) is 0. The SMILES string of the molecule is CP(O)c1ccc2ccc3cccc4ccc1c2c34. The predicted molar refractivity (Wildman–Crippen MR) is 84.8 cm³/mol. The molecule has 0 aliphatic carbocycles. The molecule has 0 amide bonds. The highest BCUT2D eigenvalue weighted by Gasteiger charge is 2.12. The Kier molecular flexibility index (Phi) is 2.29. The van der Waals surface area contributed by atoms with Gasteiger partial charge in [-0.1, -0.05) is 54.6 Å². The summed E-state index contributed by atoms with van der Waals surface area (Å²) in [5.74, 6) is 0. The Morgan fingerprint density at radius 2 is 1.32 bits per heavy atom. The van der Waals surface area contributed by atoms with Gasteiger partial charge in [-0.15, -0.1) is 0 Å². The molecule has 0 radical (unpaired) electrons. The van der Waals surface area contributed by atoms with E-state index in [9.17, 15) is 4.89 Å². The second-order valence-corrected chi connectivity index (χ2v) is 6.49. The standard InChI is InChI=1S/C17H13OP/c1-19(18)15-10-8-13-6-5-11-3-2-4-12-7-9-14(15)17(13)16(11)12/h2-10,18H,1H3. The van der Waals surface area contributed by atoms with Crippen molar-refractivity contribution >= 4 is 45.8 Å². The Balaban J connectivity index is 2.35. The fourth-order valence-electron chi connectivity index (χ4n) is 3.00. The Morgan fingerprint density at radius 3 is 2.00 bits per heavy atom. The molecule has 4 aromatic carbocycles. The van der Waals surface area contributed by atoms with Crippen molar-refractivity contribution in [3.8, 4) is 0 Å². The van der Waals surface area contributed by atoms with Crippen molar-refractivity contribution in [3.05, 3.63) is 54.6 Å². The summed E-state index contributed by atoms with van der Waals surface area (Å²) in [6, 6.07) is 19.2. The molecule has 0 spiro atoms. The molecule has 0 aliphatic rings. The molecular formula is C17H13OP. The monoisotopic (exact) mass is 264 g/mol. The van der Waals surface area contributed by atoms with Crippen molar-refractivity contribution in [2.75, 3.05) is 6.66 Å². The first-order valence-corrected chi connectivity index (χ1v) is 8.09.